The zero-order valence-corrected chi connectivity index (χ0v) is 12.1. The highest BCUT2D eigenvalue weighted by molar-refractivity contribution is 6.28. The van der Waals surface area contributed by atoms with Gasteiger partial charge in [0.25, 0.3) is 0 Å². The number of nitrogens with zero attached hydrogens (tertiary/aromatic N) is 1. The van der Waals surface area contributed by atoms with Crippen molar-refractivity contribution in [3.05, 3.63) is 29.2 Å². The molecular weight excluding hydrogens is 314 g/mol. The average molecular weight is 326 g/mol. The summed E-state index contributed by atoms with van der Waals surface area (Å²) in [4.78, 5) is 11.7. The van der Waals surface area contributed by atoms with Crippen molar-refractivity contribution in [3.8, 4) is 11.5 Å². The number of hydrogen-bond acceptors (Lipinski definition) is 7. The minimum absolute atomic E-state index is 0.0952. The Hall–Kier alpha value is -1.67. The molecule has 0 aromatic carbocycles. The zero-order valence-electron chi connectivity index (χ0n) is 11.4. The van der Waals surface area contributed by atoms with Gasteiger partial charge in [0.2, 0.25) is 6.29 Å². The number of ketones is 1. The van der Waals surface area contributed by atoms with E-state index in [1.54, 1.807) is 18.2 Å². The monoisotopic (exact) mass is 325 g/mol. The first-order valence-electron chi connectivity index (χ1n) is 6.82. The zero-order chi connectivity index (χ0) is 15.1. The first kappa shape index (κ1) is 14.0. The molecule has 2 aliphatic rings. The van der Waals surface area contributed by atoms with Crippen molar-refractivity contribution >= 4 is 17.4 Å². The smallest absolute Gasteiger partial charge is 0.218 e. The minimum atomic E-state index is -0.717. The maximum absolute atomic E-state index is 11.7. The summed E-state index contributed by atoms with van der Waals surface area (Å²) in [7, 11) is 0. The van der Waals surface area contributed by atoms with E-state index < -0.39 is 6.29 Å². The SMILES string of the molecule is O=C1C[C@H](OCc2cc(-c3ccc(Cl)o3)no2)[C@H]2CO[C@@H]1O2. The van der Waals surface area contributed by atoms with Gasteiger partial charge in [0, 0.05) is 12.5 Å². The van der Waals surface area contributed by atoms with Crippen LogP contribution < -0.4 is 0 Å². The van der Waals surface area contributed by atoms with Crippen molar-refractivity contribution in [2.45, 2.75) is 31.5 Å². The lowest BCUT2D eigenvalue weighted by atomic mass is 10.1. The van der Waals surface area contributed by atoms with Crippen LogP contribution >= 0.6 is 11.6 Å². The third-order valence-corrected chi connectivity index (χ3v) is 3.82. The van der Waals surface area contributed by atoms with E-state index in [4.69, 9.17) is 34.8 Å². The average Bonchev–Trinajstić information content (AvgIpc) is 3.21. The summed E-state index contributed by atoms with van der Waals surface area (Å²) in [5, 5.41) is 4.18. The van der Waals surface area contributed by atoms with Crippen molar-refractivity contribution in [2.24, 2.45) is 0 Å². The minimum Gasteiger partial charge on any atom is -0.443 e. The molecule has 2 fully saturated rings. The number of furan rings is 1. The van der Waals surface area contributed by atoms with E-state index in [0.29, 0.717) is 23.8 Å². The molecule has 0 saturated carbocycles. The van der Waals surface area contributed by atoms with Crippen molar-refractivity contribution in [1.29, 1.82) is 0 Å². The second-order valence-corrected chi connectivity index (χ2v) is 5.51. The van der Waals surface area contributed by atoms with Crippen LogP contribution in [0.25, 0.3) is 11.5 Å². The van der Waals surface area contributed by atoms with Gasteiger partial charge in [-0.3, -0.25) is 4.79 Å². The highest BCUT2D eigenvalue weighted by Gasteiger charge is 2.43. The van der Waals surface area contributed by atoms with Gasteiger partial charge in [-0.2, -0.15) is 0 Å². The fourth-order valence-electron chi connectivity index (χ4n) is 2.51. The molecule has 0 unspecified atom stereocenters. The van der Waals surface area contributed by atoms with Crippen LogP contribution in [0.1, 0.15) is 12.2 Å². The Labute approximate surface area is 130 Å². The summed E-state index contributed by atoms with van der Waals surface area (Å²) in [5.41, 5.74) is 0.533. The second-order valence-electron chi connectivity index (χ2n) is 5.14. The van der Waals surface area contributed by atoms with Crippen molar-refractivity contribution < 1.29 is 27.9 Å². The fraction of sp³-hybridized carbons (Fsp3) is 0.429. The molecule has 3 atom stereocenters. The number of fused-ring (bicyclic) bond motifs is 2. The lowest BCUT2D eigenvalue weighted by molar-refractivity contribution is -0.168. The molecular formula is C14H12ClNO6. The Balaban J connectivity index is 1.40. The molecule has 8 heteroatoms. The molecule has 2 aromatic rings. The van der Waals surface area contributed by atoms with E-state index in [9.17, 15) is 4.79 Å². The largest absolute Gasteiger partial charge is 0.443 e. The molecule has 4 rings (SSSR count). The molecule has 4 heterocycles. The van der Waals surface area contributed by atoms with Crippen molar-refractivity contribution in [1.82, 2.24) is 5.16 Å². The number of Topliss-reactive ketones (excluding diaryl/α,β-unsaturated/α-hetero) is 1. The number of hydrogen-bond donors (Lipinski definition) is 0. The Bertz CT molecular complexity index is 695. The van der Waals surface area contributed by atoms with Gasteiger partial charge in [0.05, 0.1) is 12.7 Å². The van der Waals surface area contributed by atoms with Crippen LogP contribution in [-0.4, -0.2) is 36.0 Å². The van der Waals surface area contributed by atoms with Crippen LogP contribution in [-0.2, 0) is 25.6 Å². The predicted octanol–water partition coefficient (Wildman–Crippen LogP) is 2.19. The van der Waals surface area contributed by atoms with Gasteiger partial charge in [-0.1, -0.05) is 5.16 Å². The van der Waals surface area contributed by atoms with Gasteiger partial charge in [-0.05, 0) is 23.7 Å². The molecule has 0 amide bonds. The quantitative estimate of drug-likeness (QED) is 0.851. The summed E-state index contributed by atoms with van der Waals surface area (Å²) >= 11 is 5.72. The van der Waals surface area contributed by atoms with E-state index in [0.717, 1.165) is 0 Å². The molecule has 0 N–H and O–H groups in total. The lowest BCUT2D eigenvalue weighted by Gasteiger charge is -2.25. The van der Waals surface area contributed by atoms with Crippen LogP contribution in [0.4, 0.5) is 0 Å². The number of ether oxygens (including phenoxy) is 3. The Morgan fingerprint density at radius 1 is 1.41 bits per heavy atom. The standard InChI is InChI=1S/C14H12ClNO6/c15-13-2-1-10(20-13)8-3-7(22-16-8)5-18-11-4-9(17)14-19-6-12(11)21-14/h1-3,11-12,14H,4-6H2/t11-,12+,14+/m0/s1. The van der Waals surface area contributed by atoms with Crippen molar-refractivity contribution in [3.63, 3.8) is 0 Å². The molecule has 2 saturated heterocycles. The van der Waals surface area contributed by atoms with Crippen LogP contribution in [0.3, 0.4) is 0 Å². The molecule has 2 aliphatic heterocycles. The topological polar surface area (TPSA) is 83.9 Å². The number of carbonyl (C=O) groups is 1. The van der Waals surface area contributed by atoms with Gasteiger partial charge in [-0.15, -0.1) is 0 Å². The molecule has 0 radical (unpaired) electrons. The highest BCUT2D eigenvalue weighted by atomic mass is 35.5. The molecule has 0 aliphatic carbocycles. The molecule has 0 spiro atoms. The lowest BCUT2D eigenvalue weighted by Crippen LogP contribution is -2.40. The molecule has 2 aromatic heterocycles. The molecule has 22 heavy (non-hydrogen) atoms. The summed E-state index contributed by atoms with van der Waals surface area (Å²) in [6.07, 6.45) is -0.985. The van der Waals surface area contributed by atoms with Crippen LogP contribution in [0.15, 0.2) is 27.1 Å². The van der Waals surface area contributed by atoms with Crippen LogP contribution in [0, 0.1) is 0 Å². The molecule has 7 nitrogen and oxygen atoms in total. The second kappa shape index (κ2) is 5.51. The maximum atomic E-state index is 11.7. The number of carbonyl (C=O) groups excluding carboxylic acids is 1. The van der Waals surface area contributed by atoms with E-state index in [1.807, 2.05) is 0 Å². The summed E-state index contributed by atoms with van der Waals surface area (Å²) in [5.74, 6) is 0.946. The maximum Gasteiger partial charge on any atom is 0.218 e. The number of aromatic nitrogens is 1. The summed E-state index contributed by atoms with van der Waals surface area (Å²) in [6, 6.07) is 5.03. The van der Waals surface area contributed by atoms with E-state index in [-0.39, 0.29) is 36.2 Å². The van der Waals surface area contributed by atoms with Gasteiger partial charge < -0.3 is 23.2 Å². The number of rotatable bonds is 4. The Morgan fingerprint density at radius 3 is 3.14 bits per heavy atom. The van der Waals surface area contributed by atoms with E-state index in [2.05, 4.69) is 5.16 Å². The van der Waals surface area contributed by atoms with Gasteiger partial charge >= 0.3 is 0 Å². The van der Waals surface area contributed by atoms with Gasteiger partial charge in [0.15, 0.2) is 22.5 Å². The highest BCUT2D eigenvalue weighted by Crippen LogP contribution is 2.28. The summed E-state index contributed by atoms with van der Waals surface area (Å²) in [6.45, 7) is 0.553. The van der Waals surface area contributed by atoms with Gasteiger partial charge in [-0.25, -0.2) is 0 Å². The fourth-order valence-corrected chi connectivity index (χ4v) is 2.66. The normalized spacial score (nSPS) is 27.5. The Morgan fingerprint density at radius 2 is 2.32 bits per heavy atom. The van der Waals surface area contributed by atoms with Crippen LogP contribution in [0.2, 0.25) is 5.22 Å². The molecule has 2 bridgehead atoms. The van der Waals surface area contributed by atoms with Crippen LogP contribution in [0.5, 0.6) is 0 Å². The third-order valence-electron chi connectivity index (χ3n) is 3.61. The first-order valence-corrected chi connectivity index (χ1v) is 7.19. The predicted molar refractivity (Wildman–Crippen MR) is 72.0 cm³/mol. The molecule has 116 valence electrons. The first-order chi connectivity index (χ1) is 10.7. The number of halogens is 1. The Kier molecular flexibility index (Phi) is 3.50. The van der Waals surface area contributed by atoms with Crippen molar-refractivity contribution in [2.75, 3.05) is 6.61 Å². The van der Waals surface area contributed by atoms with Gasteiger partial charge in [0.1, 0.15) is 18.4 Å². The summed E-state index contributed by atoms with van der Waals surface area (Å²) < 4.78 is 26.8. The third kappa shape index (κ3) is 2.56. The van der Waals surface area contributed by atoms with E-state index >= 15 is 0 Å². The van der Waals surface area contributed by atoms with E-state index in [1.165, 1.54) is 0 Å².